The molecule has 0 radical (unpaired) electrons. The summed E-state index contributed by atoms with van der Waals surface area (Å²) in [5.74, 6) is 0.729. The topological polar surface area (TPSA) is 0 Å². The summed E-state index contributed by atoms with van der Waals surface area (Å²) in [4.78, 5) is 0. The third kappa shape index (κ3) is 3.98. The summed E-state index contributed by atoms with van der Waals surface area (Å²) in [7, 11) is -1.08. The molecule has 0 unspecified atom stereocenters. The largest absolute Gasteiger partial charge is 0.0998 e. The van der Waals surface area contributed by atoms with E-state index >= 15 is 0 Å². The Labute approximate surface area is 115 Å². The fraction of sp³-hybridized carbons (Fsp3) is 0.647. The third-order valence-corrected chi connectivity index (χ3v) is 10.0. The van der Waals surface area contributed by atoms with Crippen molar-refractivity contribution in [2.45, 2.75) is 65.1 Å². The predicted octanol–water partition coefficient (Wildman–Crippen LogP) is 5.89. The third-order valence-electron chi connectivity index (χ3n) is 4.91. The van der Waals surface area contributed by atoms with Gasteiger partial charge in [-0.1, -0.05) is 74.5 Å². The van der Waals surface area contributed by atoms with Crippen LogP contribution in [0.3, 0.4) is 0 Å². The molecule has 0 bridgehead atoms. The van der Waals surface area contributed by atoms with Gasteiger partial charge < -0.3 is 0 Å². The highest BCUT2D eigenvalue weighted by atomic mass is 28.3. The highest BCUT2D eigenvalue weighted by Gasteiger charge is 2.23. The maximum Gasteiger partial charge on any atom is 0.0770 e. The van der Waals surface area contributed by atoms with Gasteiger partial charge in [0.2, 0.25) is 0 Å². The van der Waals surface area contributed by atoms with Crippen molar-refractivity contribution in [2.75, 3.05) is 0 Å². The van der Waals surface area contributed by atoms with Crippen molar-refractivity contribution in [3.8, 4) is 0 Å². The molecular weight excluding hydrogens is 232 g/mol. The zero-order chi connectivity index (χ0) is 13.6. The molecule has 1 aliphatic carbocycles. The van der Waals surface area contributed by atoms with Crippen LogP contribution in [0.15, 0.2) is 35.6 Å². The molecule has 1 atom stereocenters. The van der Waals surface area contributed by atoms with Gasteiger partial charge in [-0.25, -0.2) is 0 Å². The minimum absolute atomic E-state index is 0.729. The van der Waals surface area contributed by atoms with E-state index in [0.717, 1.165) is 5.92 Å². The van der Waals surface area contributed by atoms with E-state index in [1.54, 1.807) is 5.57 Å². The Morgan fingerprint density at radius 3 is 2.33 bits per heavy atom. The first-order valence-corrected chi connectivity index (χ1v) is 10.3. The van der Waals surface area contributed by atoms with Crippen molar-refractivity contribution < 1.29 is 0 Å². The molecule has 0 saturated carbocycles. The van der Waals surface area contributed by atoms with Crippen molar-refractivity contribution in [3.63, 3.8) is 0 Å². The number of hydrogen-bond acceptors (Lipinski definition) is 0. The van der Waals surface area contributed by atoms with Crippen LogP contribution in [0.4, 0.5) is 0 Å². The Kier molecular flexibility index (Phi) is 6.14. The summed E-state index contributed by atoms with van der Waals surface area (Å²) >= 11 is 0. The molecule has 0 aromatic rings. The molecular formula is C17H30Si. The van der Waals surface area contributed by atoms with Gasteiger partial charge in [0.05, 0.1) is 8.07 Å². The molecule has 0 saturated heterocycles. The molecule has 0 heterocycles. The summed E-state index contributed by atoms with van der Waals surface area (Å²) in [6.07, 6.45) is 8.64. The lowest BCUT2D eigenvalue weighted by atomic mass is 9.86. The predicted molar refractivity (Wildman–Crippen MR) is 86.6 cm³/mol. The summed E-state index contributed by atoms with van der Waals surface area (Å²) < 4.78 is 0. The van der Waals surface area contributed by atoms with E-state index in [-0.39, 0.29) is 0 Å². The van der Waals surface area contributed by atoms with Crippen LogP contribution in [0.2, 0.25) is 18.1 Å². The number of hydrogen-bond donors (Lipinski definition) is 0. The highest BCUT2D eigenvalue weighted by Crippen LogP contribution is 2.30. The number of allylic oxidation sites excluding steroid dienone is 4. The van der Waals surface area contributed by atoms with Gasteiger partial charge in [-0.15, -0.1) is 0 Å². The van der Waals surface area contributed by atoms with Crippen LogP contribution in [0.25, 0.3) is 0 Å². The van der Waals surface area contributed by atoms with E-state index in [2.05, 4.69) is 52.1 Å². The lowest BCUT2D eigenvalue weighted by molar-refractivity contribution is 0.545. The van der Waals surface area contributed by atoms with E-state index in [0.29, 0.717) is 0 Å². The maximum absolute atomic E-state index is 4.09. The Morgan fingerprint density at radius 2 is 1.94 bits per heavy atom. The molecule has 0 fully saturated rings. The average Bonchev–Trinajstić information content (AvgIpc) is 2.41. The molecule has 0 aliphatic heterocycles. The van der Waals surface area contributed by atoms with Gasteiger partial charge in [0, 0.05) is 0 Å². The minimum Gasteiger partial charge on any atom is -0.0998 e. The van der Waals surface area contributed by atoms with Crippen molar-refractivity contribution in [1.82, 2.24) is 0 Å². The second kappa shape index (κ2) is 7.13. The molecule has 18 heavy (non-hydrogen) atoms. The van der Waals surface area contributed by atoms with Crippen LogP contribution in [0.5, 0.6) is 0 Å². The van der Waals surface area contributed by atoms with Gasteiger partial charge in [0.15, 0.2) is 0 Å². The summed E-state index contributed by atoms with van der Waals surface area (Å²) in [5, 5.41) is 0. The Bertz CT molecular complexity index is 323. The van der Waals surface area contributed by atoms with Crippen LogP contribution < -0.4 is 0 Å². The van der Waals surface area contributed by atoms with E-state index < -0.39 is 8.07 Å². The van der Waals surface area contributed by atoms with Crippen LogP contribution in [-0.2, 0) is 0 Å². The van der Waals surface area contributed by atoms with E-state index in [9.17, 15) is 0 Å². The van der Waals surface area contributed by atoms with Gasteiger partial charge in [0.25, 0.3) is 0 Å². The van der Waals surface area contributed by atoms with Gasteiger partial charge in [-0.3, -0.25) is 0 Å². The van der Waals surface area contributed by atoms with Crippen molar-refractivity contribution in [3.05, 3.63) is 35.6 Å². The van der Waals surface area contributed by atoms with Crippen molar-refractivity contribution in [1.29, 1.82) is 0 Å². The summed E-state index contributed by atoms with van der Waals surface area (Å²) in [6, 6.07) is 4.16. The summed E-state index contributed by atoms with van der Waals surface area (Å²) in [6.45, 7) is 13.4. The van der Waals surface area contributed by atoms with Gasteiger partial charge >= 0.3 is 0 Å². The smallest absolute Gasteiger partial charge is 0.0770 e. The lowest BCUT2D eigenvalue weighted by Gasteiger charge is -2.25. The molecule has 102 valence electrons. The van der Waals surface area contributed by atoms with Gasteiger partial charge in [0.1, 0.15) is 0 Å². The highest BCUT2D eigenvalue weighted by molar-refractivity contribution is 6.84. The second-order valence-electron chi connectivity index (χ2n) is 5.85. The van der Waals surface area contributed by atoms with Gasteiger partial charge in [-0.2, -0.15) is 0 Å². The van der Waals surface area contributed by atoms with Crippen LogP contribution in [0, 0.1) is 5.92 Å². The van der Waals surface area contributed by atoms with E-state index in [1.807, 2.05) is 0 Å². The molecule has 0 spiro atoms. The monoisotopic (exact) mass is 262 g/mol. The maximum atomic E-state index is 4.09. The first kappa shape index (κ1) is 15.5. The first-order valence-electron chi connectivity index (χ1n) is 7.60. The van der Waals surface area contributed by atoms with Crippen LogP contribution in [0.1, 0.15) is 47.0 Å². The molecule has 1 heteroatoms. The molecule has 0 aromatic carbocycles. The molecule has 0 nitrogen and oxygen atoms in total. The Morgan fingerprint density at radius 1 is 1.33 bits per heavy atom. The zero-order valence-electron chi connectivity index (χ0n) is 12.8. The Hall–Kier alpha value is -0.563. The fourth-order valence-corrected chi connectivity index (χ4v) is 5.62. The molecule has 0 amide bonds. The first-order chi connectivity index (χ1) is 8.56. The van der Waals surface area contributed by atoms with Crippen LogP contribution in [-0.4, -0.2) is 8.07 Å². The fourth-order valence-electron chi connectivity index (χ4n) is 2.84. The zero-order valence-corrected chi connectivity index (χ0v) is 13.8. The van der Waals surface area contributed by atoms with Crippen LogP contribution >= 0.6 is 0 Å². The molecule has 1 aliphatic rings. The molecule has 0 aromatic heterocycles. The second-order valence-corrected chi connectivity index (χ2v) is 11.0. The number of rotatable bonds is 6. The van der Waals surface area contributed by atoms with Crippen molar-refractivity contribution in [2.24, 2.45) is 5.92 Å². The van der Waals surface area contributed by atoms with E-state index in [4.69, 9.17) is 0 Å². The molecule has 0 N–H and O–H groups in total. The molecule has 1 rings (SSSR count). The lowest BCUT2D eigenvalue weighted by Crippen LogP contribution is -2.28. The van der Waals surface area contributed by atoms with Gasteiger partial charge in [-0.05, 0) is 32.1 Å². The normalized spacial score (nSPS) is 21.1. The van der Waals surface area contributed by atoms with Crippen molar-refractivity contribution >= 4 is 8.07 Å². The van der Waals surface area contributed by atoms with E-state index in [1.165, 1.54) is 43.0 Å². The SMILES string of the molecule is C=C(C)[C@@H]1CC=C(/C=C/[Si](CC)(CC)CC)CC1. The standard InChI is InChI=1S/C17H30Si/c1-6-18(7-2,8-3)14-13-16-9-11-17(12-10-16)15(4)5/h9,13-14,17H,4,6-8,10-12H2,1-3,5H3/b14-13+/t17-/m1/s1. The Balaban J connectivity index is 2.66. The summed E-state index contributed by atoms with van der Waals surface area (Å²) in [5.41, 5.74) is 5.54. The minimum atomic E-state index is -1.08. The quantitative estimate of drug-likeness (QED) is 0.413. The average molecular weight is 263 g/mol.